The summed E-state index contributed by atoms with van der Waals surface area (Å²) in [5.41, 5.74) is 7.01. The molecular weight excluding hydrogens is 174 g/mol. The van der Waals surface area contributed by atoms with E-state index in [0.29, 0.717) is 0 Å². The first-order chi connectivity index (χ1) is 6.49. The molecule has 2 N–H and O–H groups in total. The van der Waals surface area contributed by atoms with E-state index in [4.69, 9.17) is 5.73 Å². The van der Waals surface area contributed by atoms with Crippen molar-refractivity contribution in [2.45, 2.75) is 25.8 Å². The van der Waals surface area contributed by atoms with E-state index in [1.807, 2.05) is 26.0 Å². The van der Waals surface area contributed by atoms with Gasteiger partial charge < -0.3 is 10.6 Å². The highest BCUT2D eigenvalue weighted by molar-refractivity contribution is 5.43. The molecule has 0 fully saturated rings. The van der Waals surface area contributed by atoms with Gasteiger partial charge in [0, 0.05) is 37.2 Å². The molecule has 14 heavy (non-hydrogen) atoms. The van der Waals surface area contributed by atoms with Crippen molar-refractivity contribution in [2.75, 3.05) is 18.5 Å². The Morgan fingerprint density at radius 2 is 1.93 bits per heavy atom. The van der Waals surface area contributed by atoms with Gasteiger partial charge in [0.2, 0.25) is 0 Å². The molecule has 1 aromatic heterocycles. The number of pyridine rings is 1. The molecule has 0 radical (unpaired) electrons. The smallest absolute Gasteiger partial charge is 0.0394 e. The fourth-order valence-electron chi connectivity index (χ4n) is 1.18. The summed E-state index contributed by atoms with van der Waals surface area (Å²) in [6, 6.07) is 4.01. The molecule has 3 heteroatoms. The Kier molecular flexibility index (Phi) is 3.47. The average molecular weight is 193 g/mol. The van der Waals surface area contributed by atoms with E-state index in [1.54, 1.807) is 12.4 Å². The van der Waals surface area contributed by atoms with Gasteiger partial charge in [-0.1, -0.05) is 0 Å². The first kappa shape index (κ1) is 11.0. The minimum atomic E-state index is -0.0959. The van der Waals surface area contributed by atoms with Crippen LogP contribution in [0.15, 0.2) is 24.5 Å². The molecule has 0 amide bonds. The lowest BCUT2D eigenvalue weighted by Gasteiger charge is -2.24. The summed E-state index contributed by atoms with van der Waals surface area (Å²) in [5, 5.41) is 0. The molecule has 78 valence electrons. The zero-order chi connectivity index (χ0) is 10.6. The molecule has 1 aromatic rings. The van der Waals surface area contributed by atoms with E-state index in [-0.39, 0.29) is 5.54 Å². The molecule has 0 bridgehead atoms. The first-order valence-electron chi connectivity index (χ1n) is 4.89. The molecule has 0 aliphatic carbocycles. The quantitative estimate of drug-likeness (QED) is 0.790. The van der Waals surface area contributed by atoms with Crippen LogP contribution in [0.25, 0.3) is 0 Å². The van der Waals surface area contributed by atoms with Crippen LogP contribution < -0.4 is 10.6 Å². The number of hydrogen-bond acceptors (Lipinski definition) is 3. The summed E-state index contributed by atoms with van der Waals surface area (Å²) in [5.74, 6) is 0. The van der Waals surface area contributed by atoms with Gasteiger partial charge in [-0.2, -0.15) is 0 Å². The lowest BCUT2D eigenvalue weighted by atomic mass is 10.0. The number of aromatic nitrogens is 1. The monoisotopic (exact) mass is 193 g/mol. The first-order valence-corrected chi connectivity index (χ1v) is 4.89. The number of rotatable bonds is 4. The highest BCUT2D eigenvalue weighted by Crippen LogP contribution is 2.12. The van der Waals surface area contributed by atoms with Crippen molar-refractivity contribution < 1.29 is 0 Å². The van der Waals surface area contributed by atoms with Gasteiger partial charge in [-0.05, 0) is 32.4 Å². The van der Waals surface area contributed by atoms with Crippen molar-refractivity contribution in [3.8, 4) is 0 Å². The molecule has 1 rings (SSSR count). The van der Waals surface area contributed by atoms with E-state index < -0.39 is 0 Å². The second-order valence-electron chi connectivity index (χ2n) is 4.37. The van der Waals surface area contributed by atoms with Crippen LogP contribution in [0.2, 0.25) is 0 Å². The van der Waals surface area contributed by atoms with E-state index in [0.717, 1.165) is 13.0 Å². The third-order valence-electron chi connectivity index (χ3n) is 2.20. The normalized spacial score (nSPS) is 11.4. The Bertz CT molecular complexity index is 264. The van der Waals surface area contributed by atoms with Gasteiger partial charge in [0.05, 0.1) is 0 Å². The molecule has 1 heterocycles. The molecular formula is C11H19N3. The Labute approximate surface area is 85.9 Å². The predicted molar refractivity (Wildman–Crippen MR) is 60.4 cm³/mol. The maximum atomic E-state index is 5.92. The standard InChI is InChI=1S/C11H19N3/c1-11(2,12)6-9-14(3)10-4-7-13-8-5-10/h4-5,7-8H,6,9,12H2,1-3H3. The summed E-state index contributed by atoms with van der Waals surface area (Å²) in [6.07, 6.45) is 4.59. The van der Waals surface area contributed by atoms with Gasteiger partial charge in [0.25, 0.3) is 0 Å². The van der Waals surface area contributed by atoms with Crippen LogP contribution in [-0.4, -0.2) is 24.1 Å². The Hall–Kier alpha value is -1.09. The van der Waals surface area contributed by atoms with Gasteiger partial charge in [0.15, 0.2) is 0 Å². The van der Waals surface area contributed by atoms with Gasteiger partial charge in [-0.15, -0.1) is 0 Å². The Morgan fingerprint density at radius 3 is 2.43 bits per heavy atom. The molecule has 0 unspecified atom stereocenters. The fourth-order valence-corrected chi connectivity index (χ4v) is 1.18. The molecule has 0 spiro atoms. The molecule has 0 aliphatic rings. The summed E-state index contributed by atoms with van der Waals surface area (Å²) in [4.78, 5) is 6.18. The van der Waals surface area contributed by atoms with Crippen molar-refractivity contribution in [1.29, 1.82) is 0 Å². The van der Waals surface area contributed by atoms with Crippen molar-refractivity contribution in [3.63, 3.8) is 0 Å². The van der Waals surface area contributed by atoms with Crippen LogP contribution in [-0.2, 0) is 0 Å². The van der Waals surface area contributed by atoms with Gasteiger partial charge in [-0.25, -0.2) is 0 Å². The van der Waals surface area contributed by atoms with Crippen LogP contribution in [0, 0.1) is 0 Å². The third-order valence-corrected chi connectivity index (χ3v) is 2.20. The fraction of sp³-hybridized carbons (Fsp3) is 0.545. The lowest BCUT2D eigenvalue weighted by Crippen LogP contribution is -2.36. The Morgan fingerprint density at radius 1 is 1.36 bits per heavy atom. The van der Waals surface area contributed by atoms with Crippen molar-refractivity contribution in [2.24, 2.45) is 5.73 Å². The second-order valence-corrected chi connectivity index (χ2v) is 4.37. The minimum Gasteiger partial charge on any atom is -0.374 e. The second kappa shape index (κ2) is 4.42. The number of anilines is 1. The molecule has 0 saturated carbocycles. The van der Waals surface area contributed by atoms with Crippen LogP contribution >= 0.6 is 0 Å². The van der Waals surface area contributed by atoms with Gasteiger partial charge in [0.1, 0.15) is 0 Å². The maximum Gasteiger partial charge on any atom is 0.0394 e. The van der Waals surface area contributed by atoms with Crippen molar-refractivity contribution in [1.82, 2.24) is 4.98 Å². The summed E-state index contributed by atoms with van der Waals surface area (Å²) < 4.78 is 0. The highest BCUT2D eigenvalue weighted by atomic mass is 15.1. The average Bonchev–Trinajstić information content (AvgIpc) is 2.14. The van der Waals surface area contributed by atoms with Crippen LogP contribution in [0.3, 0.4) is 0 Å². The van der Waals surface area contributed by atoms with E-state index in [2.05, 4.69) is 16.9 Å². The molecule has 0 atom stereocenters. The molecule has 0 aromatic carbocycles. The topological polar surface area (TPSA) is 42.1 Å². The zero-order valence-corrected chi connectivity index (χ0v) is 9.20. The molecule has 0 saturated heterocycles. The lowest BCUT2D eigenvalue weighted by molar-refractivity contribution is 0.479. The van der Waals surface area contributed by atoms with Crippen LogP contribution in [0.5, 0.6) is 0 Å². The third kappa shape index (κ3) is 3.75. The SMILES string of the molecule is CN(CCC(C)(C)N)c1ccncc1. The number of hydrogen-bond donors (Lipinski definition) is 1. The van der Waals surface area contributed by atoms with Crippen molar-refractivity contribution >= 4 is 5.69 Å². The largest absolute Gasteiger partial charge is 0.374 e. The number of nitrogens with two attached hydrogens (primary N) is 1. The van der Waals surface area contributed by atoms with Crippen LogP contribution in [0.4, 0.5) is 5.69 Å². The van der Waals surface area contributed by atoms with E-state index in [1.165, 1.54) is 5.69 Å². The summed E-state index contributed by atoms with van der Waals surface area (Å²) >= 11 is 0. The highest BCUT2D eigenvalue weighted by Gasteiger charge is 2.11. The van der Waals surface area contributed by atoms with Crippen LogP contribution in [0.1, 0.15) is 20.3 Å². The predicted octanol–water partition coefficient (Wildman–Crippen LogP) is 1.65. The summed E-state index contributed by atoms with van der Waals surface area (Å²) in [6.45, 7) is 5.06. The molecule has 3 nitrogen and oxygen atoms in total. The minimum absolute atomic E-state index is 0.0959. The molecule has 0 aliphatic heterocycles. The zero-order valence-electron chi connectivity index (χ0n) is 9.20. The van der Waals surface area contributed by atoms with Crippen molar-refractivity contribution in [3.05, 3.63) is 24.5 Å². The Balaban J connectivity index is 2.48. The number of nitrogens with zero attached hydrogens (tertiary/aromatic N) is 2. The van der Waals surface area contributed by atoms with Gasteiger partial charge >= 0.3 is 0 Å². The maximum absolute atomic E-state index is 5.92. The van der Waals surface area contributed by atoms with E-state index in [9.17, 15) is 0 Å². The summed E-state index contributed by atoms with van der Waals surface area (Å²) in [7, 11) is 2.07. The van der Waals surface area contributed by atoms with Gasteiger partial charge in [-0.3, -0.25) is 4.98 Å². The van der Waals surface area contributed by atoms with E-state index >= 15 is 0 Å².